The van der Waals surface area contributed by atoms with Crippen molar-refractivity contribution in [2.45, 2.75) is 20.8 Å². The van der Waals surface area contributed by atoms with Gasteiger partial charge in [-0.05, 0) is 38.5 Å². The lowest BCUT2D eigenvalue weighted by atomic mass is 10.2. The summed E-state index contributed by atoms with van der Waals surface area (Å²) in [7, 11) is 0. The lowest BCUT2D eigenvalue weighted by Gasteiger charge is -2.14. The number of aliphatic hydroxyl groups excluding tert-OH is 1. The number of allylic oxidation sites excluding steroid dienone is 2. The Kier molecular flexibility index (Phi) is 5.26. The van der Waals surface area contributed by atoms with Crippen LogP contribution in [0.1, 0.15) is 19.4 Å². The van der Waals surface area contributed by atoms with Gasteiger partial charge in [0.2, 0.25) is 5.91 Å². The van der Waals surface area contributed by atoms with Crippen molar-refractivity contribution in [3.63, 3.8) is 0 Å². The Balaban J connectivity index is 2.96. The summed E-state index contributed by atoms with van der Waals surface area (Å²) in [6, 6.07) is 7.78. The molecule has 0 saturated heterocycles. The van der Waals surface area contributed by atoms with Crippen LogP contribution in [0.4, 0.5) is 5.69 Å². The van der Waals surface area contributed by atoms with Crippen LogP contribution in [0.5, 0.6) is 0 Å². The second-order valence-corrected chi connectivity index (χ2v) is 4.33. The number of anilines is 1. The van der Waals surface area contributed by atoms with Gasteiger partial charge in [0.05, 0.1) is 11.4 Å². The zero-order chi connectivity index (χ0) is 14.4. The van der Waals surface area contributed by atoms with Crippen LogP contribution >= 0.6 is 0 Å². The molecule has 0 unspecified atom stereocenters. The van der Waals surface area contributed by atoms with Gasteiger partial charge in [0.25, 0.3) is 0 Å². The summed E-state index contributed by atoms with van der Waals surface area (Å²) >= 11 is 0. The number of amides is 1. The fourth-order valence-corrected chi connectivity index (χ4v) is 1.65. The highest BCUT2D eigenvalue weighted by molar-refractivity contribution is 6.00. The second kappa shape index (κ2) is 6.70. The molecule has 0 aliphatic heterocycles. The average molecular weight is 261 g/mol. The van der Waals surface area contributed by atoms with Crippen molar-refractivity contribution in [1.82, 2.24) is 5.32 Å². The number of hydrogen-bond acceptors (Lipinski definition) is 4. The molecule has 19 heavy (non-hydrogen) atoms. The van der Waals surface area contributed by atoms with Gasteiger partial charge in [-0.1, -0.05) is 12.1 Å². The molecule has 5 nitrogen and oxygen atoms in total. The van der Waals surface area contributed by atoms with E-state index in [-0.39, 0.29) is 5.71 Å². The summed E-state index contributed by atoms with van der Waals surface area (Å²) in [6.07, 6.45) is 0. The average Bonchev–Trinajstić information content (AvgIpc) is 2.35. The lowest BCUT2D eigenvalue weighted by molar-refractivity contribution is -0.123. The normalized spacial score (nSPS) is 11.6. The maximum Gasteiger partial charge on any atom is 0.250 e. The molecular weight excluding hydrogens is 242 g/mol. The molecule has 1 amide bonds. The van der Waals surface area contributed by atoms with Crippen LogP contribution in [0.3, 0.4) is 0 Å². The fraction of sp³-hybridized carbons (Fsp3) is 0.286. The quantitative estimate of drug-likeness (QED) is 0.610. The minimum atomic E-state index is -0.603. The van der Waals surface area contributed by atoms with E-state index in [0.29, 0.717) is 11.4 Å². The first-order chi connectivity index (χ1) is 8.93. The monoisotopic (exact) mass is 261 g/mol. The highest BCUT2D eigenvalue weighted by Crippen LogP contribution is 2.13. The first kappa shape index (κ1) is 14.9. The molecule has 1 rings (SSSR count). The van der Waals surface area contributed by atoms with Crippen molar-refractivity contribution in [1.29, 1.82) is 5.41 Å². The molecule has 0 radical (unpaired) electrons. The van der Waals surface area contributed by atoms with Crippen molar-refractivity contribution in [3.05, 3.63) is 41.2 Å². The zero-order valence-electron chi connectivity index (χ0n) is 11.4. The molecule has 0 aromatic heterocycles. The highest BCUT2D eigenvalue weighted by Gasteiger charge is 2.09. The number of rotatable bonds is 5. The number of benzene rings is 1. The summed E-state index contributed by atoms with van der Waals surface area (Å²) in [4.78, 5) is 11.2. The van der Waals surface area contributed by atoms with Crippen molar-refractivity contribution < 1.29 is 9.90 Å². The van der Waals surface area contributed by atoms with E-state index in [2.05, 4.69) is 10.6 Å². The predicted octanol–water partition coefficient (Wildman–Crippen LogP) is 1.79. The Hall–Kier alpha value is -2.14. The molecular formula is C14H19N3O2. The third kappa shape index (κ3) is 4.56. The number of aliphatic hydroxyl groups is 1. The van der Waals surface area contributed by atoms with Gasteiger partial charge in [-0.25, -0.2) is 0 Å². The van der Waals surface area contributed by atoms with E-state index in [1.807, 2.05) is 31.2 Å². The number of nitrogens with one attached hydrogen (secondary N) is 3. The van der Waals surface area contributed by atoms with E-state index in [0.717, 1.165) is 11.3 Å². The zero-order valence-corrected chi connectivity index (χ0v) is 11.4. The van der Waals surface area contributed by atoms with E-state index in [1.165, 1.54) is 0 Å². The Morgan fingerprint density at radius 2 is 2.05 bits per heavy atom. The molecule has 0 aliphatic carbocycles. The van der Waals surface area contributed by atoms with Crippen LogP contribution in [0.2, 0.25) is 0 Å². The van der Waals surface area contributed by atoms with Crippen molar-refractivity contribution in [2.24, 2.45) is 0 Å². The van der Waals surface area contributed by atoms with Gasteiger partial charge in [-0.15, -0.1) is 0 Å². The Morgan fingerprint density at radius 1 is 1.37 bits per heavy atom. The summed E-state index contributed by atoms with van der Waals surface area (Å²) in [5.41, 5.74) is 3.25. The van der Waals surface area contributed by atoms with E-state index >= 15 is 0 Å². The van der Waals surface area contributed by atoms with Crippen LogP contribution in [0, 0.1) is 12.3 Å². The first-order valence-electron chi connectivity index (χ1n) is 5.95. The maximum absolute atomic E-state index is 11.2. The van der Waals surface area contributed by atoms with Crippen LogP contribution in [-0.2, 0) is 4.79 Å². The highest BCUT2D eigenvalue weighted by atomic mass is 16.3. The van der Waals surface area contributed by atoms with E-state index < -0.39 is 12.5 Å². The van der Waals surface area contributed by atoms with E-state index in [1.54, 1.807) is 13.8 Å². The number of hydrogen-bond donors (Lipinski definition) is 4. The smallest absolute Gasteiger partial charge is 0.250 e. The van der Waals surface area contributed by atoms with Gasteiger partial charge < -0.3 is 21.1 Å². The molecule has 0 heterocycles. The minimum Gasteiger partial charge on any atom is -0.387 e. The van der Waals surface area contributed by atoms with Gasteiger partial charge >= 0.3 is 0 Å². The van der Waals surface area contributed by atoms with Gasteiger partial charge in [0.1, 0.15) is 6.61 Å². The molecule has 1 aromatic rings. The predicted molar refractivity (Wildman–Crippen MR) is 76.1 cm³/mol. The standard InChI is InChI=1S/C14H19N3O2/c1-9-5-4-6-12(7-9)16-11(3)14(10(2)15)17-13(19)8-18/h4-7,15-16,18H,8H2,1-3H3,(H,17,19)/b14-11+,15-10?. The molecule has 102 valence electrons. The van der Waals surface area contributed by atoms with Crippen LogP contribution in [0.15, 0.2) is 35.7 Å². The third-order valence-electron chi connectivity index (χ3n) is 2.51. The maximum atomic E-state index is 11.2. The van der Waals surface area contributed by atoms with E-state index in [9.17, 15) is 4.79 Å². The Labute approximate surface area is 112 Å². The molecule has 0 atom stereocenters. The summed E-state index contributed by atoms with van der Waals surface area (Å²) in [5.74, 6) is -0.535. The SMILES string of the molecule is CC(=N)/C(NC(=O)CO)=C(/C)Nc1cccc(C)c1. The van der Waals surface area contributed by atoms with Crippen molar-refractivity contribution >= 4 is 17.3 Å². The molecule has 1 aromatic carbocycles. The molecule has 5 heteroatoms. The van der Waals surface area contributed by atoms with E-state index in [4.69, 9.17) is 10.5 Å². The first-order valence-corrected chi connectivity index (χ1v) is 5.95. The fourth-order valence-electron chi connectivity index (χ4n) is 1.65. The largest absolute Gasteiger partial charge is 0.387 e. The molecule has 4 N–H and O–H groups in total. The lowest BCUT2D eigenvalue weighted by Crippen LogP contribution is -2.30. The minimum absolute atomic E-state index is 0.222. The van der Waals surface area contributed by atoms with Crippen LogP contribution in [-0.4, -0.2) is 23.3 Å². The summed E-state index contributed by atoms with van der Waals surface area (Å²) in [6.45, 7) is 4.73. The summed E-state index contributed by atoms with van der Waals surface area (Å²) < 4.78 is 0. The third-order valence-corrected chi connectivity index (χ3v) is 2.51. The molecule has 0 aliphatic rings. The Morgan fingerprint density at radius 3 is 2.58 bits per heavy atom. The van der Waals surface area contributed by atoms with Crippen molar-refractivity contribution in [3.8, 4) is 0 Å². The van der Waals surface area contributed by atoms with Gasteiger partial charge in [0, 0.05) is 11.4 Å². The second-order valence-electron chi connectivity index (χ2n) is 4.33. The number of carbonyl (C=O) groups is 1. The number of aryl methyl sites for hydroxylation is 1. The van der Waals surface area contributed by atoms with Crippen LogP contribution in [0.25, 0.3) is 0 Å². The topological polar surface area (TPSA) is 85.2 Å². The van der Waals surface area contributed by atoms with Gasteiger partial charge in [0.15, 0.2) is 0 Å². The Bertz CT molecular complexity index is 521. The van der Waals surface area contributed by atoms with Gasteiger partial charge in [-0.3, -0.25) is 4.79 Å². The van der Waals surface area contributed by atoms with Crippen LogP contribution < -0.4 is 10.6 Å². The number of carbonyl (C=O) groups excluding carboxylic acids is 1. The molecule has 0 spiro atoms. The molecule has 0 fully saturated rings. The molecule has 0 bridgehead atoms. The van der Waals surface area contributed by atoms with Crippen molar-refractivity contribution in [2.75, 3.05) is 11.9 Å². The summed E-state index contributed by atoms with van der Waals surface area (Å²) in [5, 5.41) is 22.1. The molecule has 0 saturated carbocycles. The van der Waals surface area contributed by atoms with Gasteiger partial charge in [-0.2, -0.15) is 0 Å².